The quantitative estimate of drug-likeness (QED) is 0.306. The predicted octanol–water partition coefficient (Wildman–Crippen LogP) is 4.88. The van der Waals surface area contributed by atoms with Crippen LogP contribution in [-0.4, -0.2) is 38.9 Å². The molecule has 0 bridgehead atoms. The van der Waals surface area contributed by atoms with E-state index in [1.165, 1.54) is 13.3 Å². The lowest BCUT2D eigenvalue weighted by molar-refractivity contribution is 0.0956. The Balaban J connectivity index is 1.79. The molecule has 0 aliphatic carbocycles. The van der Waals surface area contributed by atoms with Crippen LogP contribution in [0.3, 0.4) is 0 Å². The summed E-state index contributed by atoms with van der Waals surface area (Å²) in [5, 5.41) is 6.84. The maximum absolute atomic E-state index is 12.9. The zero-order valence-electron chi connectivity index (χ0n) is 18.9. The average Bonchev–Trinajstić information content (AvgIpc) is 2.85. The molecule has 0 radical (unpaired) electrons. The number of nitrogens with one attached hydrogen (secondary N) is 2. The molecule has 3 aromatic rings. The molecule has 176 valence electrons. The van der Waals surface area contributed by atoms with Crippen molar-refractivity contribution in [3.8, 4) is 17.2 Å². The SMILES string of the molecule is CCOc1ccccc1C(=O)Nc1ccccc1C(=O)NN=Cc1c(OC)ccc(OC)c1Br. The fraction of sp³-hybridized carbons (Fsp3) is 0.160. The summed E-state index contributed by atoms with van der Waals surface area (Å²) in [6.45, 7) is 2.27. The van der Waals surface area contributed by atoms with E-state index in [9.17, 15) is 9.59 Å². The molecule has 8 nitrogen and oxygen atoms in total. The van der Waals surface area contributed by atoms with Gasteiger partial charge in [-0.25, -0.2) is 5.43 Å². The van der Waals surface area contributed by atoms with Crippen LogP contribution in [0.5, 0.6) is 17.2 Å². The molecular weight excluding hydrogens is 502 g/mol. The van der Waals surface area contributed by atoms with Crippen LogP contribution in [0.15, 0.2) is 70.2 Å². The van der Waals surface area contributed by atoms with E-state index in [4.69, 9.17) is 14.2 Å². The lowest BCUT2D eigenvalue weighted by atomic mass is 10.1. The van der Waals surface area contributed by atoms with Gasteiger partial charge in [0.05, 0.1) is 53.9 Å². The Morgan fingerprint density at radius 1 is 0.882 bits per heavy atom. The van der Waals surface area contributed by atoms with Gasteiger partial charge in [-0.2, -0.15) is 5.10 Å². The molecule has 3 aromatic carbocycles. The number of benzene rings is 3. The molecule has 0 aliphatic heterocycles. The van der Waals surface area contributed by atoms with Crippen molar-refractivity contribution < 1.29 is 23.8 Å². The third kappa shape index (κ3) is 5.74. The minimum Gasteiger partial charge on any atom is -0.496 e. The standard InChI is InChI=1S/C25H24BrN3O5/c1-4-34-21-12-8-6-10-17(21)24(30)28-19-11-7-5-9-16(19)25(31)29-27-15-18-20(32-2)13-14-22(33-3)23(18)26/h5-15H,4H2,1-3H3,(H,28,30)(H,29,31). The predicted molar refractivity (Wildman–Crippen MR) is 134 cm³/mol. The van der Waals surface area contributed by atoms with Crippen LogP contribution in [-0.2, 0) is 0 Å². The highest BCUT2D eigenvalue weighted by molar-refractivity contribution is 9.10. The number of amides is 2. The maximum atomic E-state index is 12.9. The molecule has 2 N–H and O–H groups in total. The Labute approximate surface area is 206 Å². The van der Waals surface area contributed by atoms with E-state index in [0.717, 1.165) is 0 Å². The summed E-state index contributed by atoms with van der Waals surface area (Å²) in [4.78, 5) is 25.7. The minimum atomic E-state index is -0.497. The molecule has 0 aromatic heterocycles. The number of hydrazone groups is 1. The largest absolute Gasteiger partial charge is 0.496 e. The molecule has 0 unspecified atom stereocenters. The van der Waals surface area contributed by atoms with Crippen LogP contribution in [0.1, 0.15) is 33.2 Å². The number of hydrogen-bond donors (Lipinski definition) is 2. The molecule has 0 heterocycles. The summed E-state index contributed by atoms with van der Waals surface area (Å²) in [6.07, 6.45) is 1.45. The monoisotopic (exact) mass is 525 g/mol. The van der Waals surface area contributed by atoms with Gasteiger partial charge in [0, 0.05) is 0 Å². The maximum Gasteiger partial charge on any atom is 0.273 e. The van der Waals surface area contributed by atoms with Crippen LogP contribution in [0, 0.1) is 0 Å². The number of para-hydroxylation sites is 2. The van der Waals surface area contributed by atoms with Crippen molar-refractivity contribution in [1.82, 2.24) is 5.43 Å². The molecule has 2 amide bonds. The first-order valence-electron chi connectivity index (χ1n) is 10.4. The summed E-state index contributed by atoms with van der Waals surface area (Å²) >= 11 is 3.46. The third-order valence-corrected chi connectivity index (χ3v) is 5.57. The number of carbonyl (C=O) groups is 2. The number of carbonyl (C=O) groups excluding carboxylic acids is 2. The van der Waals surface area contributed by atoms with Gasteiger partial charge in [-0.3, -0.25) is 9.59 Å². The first-order valence-corrected chi connectivity index (χ1v) is 11.2. The number of anilines is 1. The van der Waals surface area contributed by atoms with E-state index >= 15 is 0 Å². The second-order valence-electron chi connectivity index (χ2n) is 6.83. The van der Waals surface area contributed by atoms with E-state index in [-0.39, 0.29) is 5.56 Å². The number of hydrogen-bond acceptors (Lipinski definition) is 6. The lowest BCUT2D eigenvalue weighted by Gasteiger charge is -2.13. The molecule has 0 saturated carbocycles. The van der Waals surface area contributed by atoms with Crippen molar-refractivity contribution in [2.24, 2.45) is 5.10 Å². The Morgan fingerprint density at radius 2 is 1.53 bits per heavy atom. The molecule has 0 atom stereocenters. The van der Waals surface area contributed by atoms with Crippen molar-refractivity contribution in [2.45, 2.75) is 6.92 Å². The summed E-state index contributed by atoms with van der Waals surface area (Å²) < 4.78 is 16.8. The van der Waals surface area contributed by atoms with Gasteiger partial charge in [-0.1, -0.05) is 24.3 Å². The number of nitrogens with zero attached hydrogens (tertiary/aromatic N) is 1. The molecule has 0 saturated heterocycles. The smallest absolute Gasteiger partial charge is 0.273 e. The first kappa shape index (κ1) is 24.8. The van der Waals surface area contributed by atoms with Gasteiger partial charge in [-0.05, 0) is 59.3 Å². The normalized spacial score (nSPS) is 10.6. The molecular formula is C25H24BrN3O5. The molecule has 3 rings (SSSR count). The van der Waals surface area contributed by atoms with E-state index in [1.807, 2.05) is 6.92 Å². The fourth-order valence-electron chi connectivity index (χ4n) is 3.14. The van der Waals surface area contributed by atoms with Crippen molar-refractivity contribution in [2.75, 3.05) is 26.1 Å². The molecule has 0 aliphatic rings. The van der Waals surface area contributed by atoms with Gasteiger partial charge in [0.1, 0.15) is 17.2 Å². The summed E-state index contributed by atoms with van der Waals surface area (Å²) in [5.74, 6) is 0.716. The van der Waals surface area contributed by atoms with Crippen molar-refractivity contribution in [3.63, 3.8) is 0 Å². The van der Waals surface area contributed by atoms with E-state index < -0.39 is 11.8 Å². The topological polar surface area (TPSA) is 98.2 Å². The van der Waals surface area contributed by atoms with Crippen molar-refractivity contribution in [1.29, 1.82) is 0 Å². The number of halogens is 1. The van der Waals surface area contributed by atoms with Crippen molar-refractivity contribution >= 4 is 39.6 Å². The highest BCUT2D eigenvalue weighted by atomic mass is 79.9. The molecule has 34 heavy (non-hydrogen) atoms. The Hall–Kier alpha value is -3.85. The molecule has 0 spiro atoms. The zero-order chi connectivity index (χ0) is 24.5. The van der Waals surface area contributed by atoms with Gasteiger partial charge in [-0.15, -0.1) is 0 Å². The lowest BCUT2D eigenvalue weighted by Crippen LogP contribution is -2.21. The van der Waals surface area contributed by atoms with E-state index in [0.29, 0.717) is 45.1 Å². The Bertz CT molecular complexity index is 1210. The molecule has 9 heteroatoms. The average molecular weight is 526 g/mol. The number of methoxy groups -OCH3 is 2. The van der Waals surface area contributed by atoms with Gasteiger partial charge in [0.25, 0.3) is 11.8 Å². The summed E-state index contributed by atoms with van der Waals surface area (Å²) in [6, 6.07) is 17.1. The van der Waals surface area contributed by atoms with Crippen LogP contribution in [0.2, 0.25) is 0 Å². The van der Waals surface area contributed by atoms with Crippen LogP contribution >= 0.6 is 15.9 Å². The minimum absolute atomic E-state index is 0.249. The highest BCUT2D eigenvalue weighted by Crippen LogP contribution is 2.33. The van der Waals surface area contributed by atoms with E-state index in [2.05, 4.69) is 31.8 Å². The van der Waals surface area contributed by atoms with E-state index in [1.54, 1.807) is 67.8 Å². The highest BCUT2D eigenvalue weighted by Gasteiger charge is 2.17. The Morgan fingerprint density at radius 3 is 2.24 bits per heavy atom. The van der Waals surface area contributed by atoms with Gasteiger partial charge < -0.3 is 19.5 Å². The number of rotatable bonds is 9. The van der Waals surface area contributed by atoms with Gasteiger partial charge in [0.2, 0.25) is 0 Å². The van der Waals surface area contributed by atoms with Gasteiger partial charge >= 0.3 is 0 Å². The zero-order valence-corrected chi connectivity index (χ0v) is 20.5. The third-order valence-electron chi connectivity index (χ3n) is 4.76. The second-order valence-corrected chi connectivity index (χ2v) is 7.62. The summed E-state index contributed by atoms with van der Waals surface area (Å²) in [7, 11) is 3.08. The summed E-state index contributed by atoms with van der Waals surface area (Å²) in [5.41, 5.74) is 4.04. The number of ether oxygens (including phenoxy) is 3. The Kier molecular flexibility index (Phi) is 8.64. The van der Waals surface area contributed by atoms with Crippen molar-refractivity contribution in [3.05, 3.63) is 81.8 Å². The second kappa shape index (κ2) is 11.9. The van der Waals surface area contributed by atoms with Crippen LogP contribution in [0.4, 0.5) is 5.69 Å². The van der Waals surface area contributed by atoms with Crippen LogP contribution in [0.25, 0.3) is 0 Å². The first-order chi connectivity index (χ1) is 16.5. The molecule has 0 fully saturated rings. The van der Waals surface area contributed by atoms with Crippen LogP contribution < -0.4 is 25.0 Å². The fourth-order valence-corrected chi connectivity index (χ4v) is 3.73. The van der Waals surface area contributed by atoms with Gasteiger partial charge in [0.15, 0.2) is 0 Å².